The van der Waals surface area contributed by atoms with Gasteiger partial charge in [-0.3, -0.25) is 9.59 Å². The number of nitrogens with one attached hydrogen (secondary N) is 2. The van der Waals surface area contributed by atoms with Gasteiger partial charge in [0.2, 0.25) is 6.29 Å². The second-order valence-corrected chi connectivity index (χ2v) is 7.18. The van der Waals surface area contributed by atoms with Crippen molar-refractivity contribution in [3.05, 3.63) is 29.3 Å². The molecule has 32 heavy (non-hydrogen) atoms. The molecule has 1 aliphatic rings. The number of aliphatic hydroxyl groups excluding tert-OH is 3. The quantitative estimate of drug-likeness (QED) is 0.175. The molecule has 1 aromatic rings. The van der Waals surface area contributed by atoms with Gasteiger partial charge in [0.1, 0.15) is 30.7 Å². The minimum atomic E-state index is -1.87. The Bertz CT molecular complexity index is 818. The van der Waals surface area contributed by atoms with Gasteiger partial charge in [-0.05, 0) is 37.7 Å². The second-order valence-electron chi connectivity index (χ2n) is 7.18. The maximum atomic E-state index is 12.7. The molecule has 12 heteroatoms. The molecule has 0 bridgehead atoms. The molecule has 1 fully saturated rings. The Labute approximate surface area is 184 Å². The predicted molar refractivity (Wildman–Crippen MR) is 108 cm³/mol. The lowest BCUT2D eigenvalue weighted by Crippen LogP contribution is -2.61. The highest BCUT2D eigenvalue weighted by Gasteiger charge is 2.48. The fraction of sp³-hybridized carbons (Fsp3) is 0.550. The largest absolute Gasteiger partial charge is 0.479 e. The lowest BCUT2D eigenvalue weighted by atomic mass is 9.99. The van der Waals surface area contributed by atoms with Crippen LogP contribution in [0.2, 0.25) is 0 Å². The van der Waals surface area contributed by atoms with Crippen molar-refractivity contribution >= 4 is 17.8 Å². The van der Waals surface area contributed by atoms with Crippen molar-refractivity contribution in [2.75, 3.05) is 20.1 Å². The molecular weight excluding hydrogens is 428 g/mol. The highest BCUT2D eigenvalue weighted by atomic mass is 16.7. The number of aliphatic carboxylic acids is 1. The lowest BCUT2D eigenvalue weighted by Gasteiger charge is -2.38. The van der Waals surface area contributed by atoms with E-state index in [1.165, 1.54) is 25.1 Å². The molecule has 5 atom stereocenters. The van der Waals surface area contributed by atoms with Gasteiger partial charge in [0.15, 0.2) is 6.10 Å². The van der Waals surface area contributed by atoms with Gasteiger partial charge in [-0.15, -0.1) is 0 Å². The van der Waals surface area contributed by atoms with Crippen LogP contribution in [0.5, 0.6) is 5.75 Å². The average molecular weight is 456 g/mol. The number of carboxylic acid groups (broad SMARTS) is 1. The first kappa shape index (κ1) is 25.5. The van der Waals surface area contributed by atoms with Crippen LogP contribution in [0.25, 0.3) is 0 Å². The van der Waals surface area contributed by atoms with E-state index in [4.69, 9.17) is 14.2 Å². The van der Waals surface area contributed by atoms with E-state index in [0.29, 0.717) is 25.1 Å². The first-order chi connectivity index (χ1) is 15.1. The minimum Gasteiger partial charge on any atom is -0.479 e. The molecule has 1 aromatic carbocycles. The van der Waals surface area contributed by atoms with Gasteiger partial charge in [0, 0.05) is 13.5 Å². The van der Waals surface area contributed by atoms with Gasteiger partial charge < -0.3 is 45.3 Å². The zero-order valence-corrected chi connectivity index (χ0v) is 17.7. The van der Waals surface area contributed by atoms with Gasteiger partial charge in [0.25, 0.3) is 5.91 Å². The number of benzene rings is 1. The SMILES string of the molecule is CNCCCNC(=O)c1cc(COC(C)=O)ccc1O[C@H]1O[C@H](C(=O)O)[C@@H](O)[C@H](O)[C@H]1O. The predicted octanol–water partition coefficient (Wildman–Crippen LogP) is -1.64. The van der Waals surface area contributed by atoms with Crippen molar-refractivity contribution in [3.63, 3.8) is 0 Å². The molecule has 0 aromatic heterocycles. The third kappa shape index (κ3) is 6.61. The maximum absolute atomic E-state index is 12.7. The lowest BCUT2D eigenvalue weighted by molar-refractivity contribution is -0.271. The molecule has 1 aliphatic heterocycles. The Morgan fingerprint density at radius 3 is 2.44 bits per heavy atom. The third-order valence-electron chi connectivity index (χ3n) is 4.68. The van der Waals surface area contributed by atoms with Gasteiger partial charge >= 0.3 is 11.9 Å². The summed E-state index contributed by atoms with van der Waals surface area (Å²) in [6, 6.07) is 4.29. The number of hydrogen-bond acceptors (Lipinski definition) is 10. The molecule has 12 nitrogen and oxygen atoms in total. The Kier molecular flexibility index (Phi) is 9.35. The number of hydrogen-bond donors (Lipinski definition) is 6. The van der Waals surface area contributed by atoms with Gasteiger partial charge in [-0.2, -0.15) is 0 Å². The average Bonchev–Trinajstić information content (AvgIpc) is 2.75. The second kappa shape index (κ2) is 11.7. The number of carbonyl (C=O) groups is 3. The molecule has 1 saturated heterocycles. The monoisotopic (exact) mass is 456 g/mol. The van der Waals surface area contributed by atoms with Crippen molar-refractivity contribution in [1.82, 2.24) is 10.6 Å². The standard InChI is InChI=1S/C20H28N2O10/c1-10(23)30-9-11-4-5-13(12(8-11)18(27)22-7-3-6-21-2)31-20-16(26)14(24)15(25)17(32-20)19(28)29/h4-5,8,14-17,20-21,24-26H,3,6-7,9H2,1-2H3,(H,22,27)(H,28,29)/t14-,15-,16+,17-,20-/m0/s1. The number of ether oxygens (including phenoxy) is 3. The van der Waals surface area contributed by atoms with Crippen LogP contribution in [0.15, 0.2) is 18.2 Å². The van der Waals surface area contributed by atoms with E-state index >= 15 is 0 Å². The summed E-state index contributed by atoms with van der Waals surface area (Å²) in [4.78, 5) is 35.1. The fourth-order valence-corrected chi connectivity index (χ4v) is 2.97. The molecule has 0 aliphatic carbocycles. The summed E-state index contributed by atoms with van der Waals surface area (Å²) in [5.74, 6) is -2.66. The zero-order chi connectivity index (χ0) is 23.8. The van der Waals surface area contributed by atoms with E-state index in [9.17, 15) is 34.8 Å². The first-order valence-electron chi connectivity index (χ1n) is 9.94. The van der Waals surface area contributed by atoms with Crippen LogP contribution in [0, 0.1) is 0 Å². The van der Waals surface area contributed by atoms with Gasteiger partial charge in [0.05, 0.1) is 5.56 Å². The van der Waals surface area contributed by atoms with E-state index in [1.54, 1.807) is 7.05 Å². The van der Waals surface area contributed by atoms with Crippen LogP contribution in [0.1, 0.15) is 29.3 Å². The molecule has 1 amide bonds. The molecular formula is C20H28N2O10. The molecule has 0 spiro atoms. The van der Waals surface area contributed by atoms with Crippen LogP contribution >= 0.6 is 0 Å². The minimum absolute atomic E-state index is 0.0161. The summed E-state index contributed by atoms with van der Waals surface area (Å²) < 4.78 is 15.6. The summed E-state index contributed by atoms with van der Waals surface area (Å²) in [5.41, 5.74) is 0.499. The van der Waals surface area contributed by atoms with E-state index in [0.717, 1.165) is 0 Å². The van der Waals surface area contributed by atoms with Gasteiger partial charge in [-0.25, -0.2) is 4.79 Å². The van der Waals surface area contributed by atoms with Crippen molar-refractivity contribution in [2.24, 2.45) is 0 Å². The normalized spacial score (nSPS) is 25.1. The van der Waals surface area contributed by atoms with E-state index in [1.807, 2.05) is 0 Å². The van der Waals surface area contributed by atoms with Crippen molar-refractivity contribution < 1.29 is 49.0 Å². The van der Waals surface area contributed by atoms with E-state index in [2.05, 4.69) is 10.6 Å². The highest BCUT2D eigenvalue weighted by molar-refractivity contribution is 5.97. The zero-order valence-electron chi connectivity index (χ0n) is 17.7. The molecule has 0 radical (unpaired) electrons. The fourth-order valence-electron chi connectivity index (χ4n) is 2.97. The smallest absolute Gasteiger partial charge is 0.335 e. The molecule has 1 heterocycles. The van der Waals surface area contributed by atoms with Crippen LogP contribution in [0.4, 0.5) is 0 Å². The Morgan fingerprint density at radius 1 is 1.09 bits per heavy atom. The Morgan fingerprint density at radius 2 is 1.81 bits per heavy atom. The number of aliphatic hydroxyl groups is 3. The van der Waals surface area contributed by atoms with Crippen LogP contribution in [-0.2, 0) is 25.7 Å². The maximum Gasteiger partial charge on any atom is 0.335 e. The number of rotatable bonds is 10. The van der Waals surface area contributed by atoms with E-state index in [-0.39, 0.29) is 17.9 Å². The Balaban J connectivity index is 2.26. The summed E-state index contributed by atoms with van der Waals surface area (Å²) in [6.45, 7) is 2.17. The summed E-state index contributed by atoms with van der Waals surface area (Å²) in [5, 5.41) is 44.8. The molecule has 2 rings (SSSR count). The number of carboxylic acids is 1. The van der Waals surface area contributed by atoms with E-state index < -0.39 is 48.6 Å². The van der Waals surface area contributed by atoms with Crippen molar-refractivity contribution in [1.29, 1.82) is 0 Å². The summed E-state index contributed by atoms with van der Waals surface area (Å²) >= 11 is 0. The molecule has 0 unspecified atom stereocenters. The summed E-state index contributed by atoms with van der Waals surface area (Å²) in [6.07, 6.45) is -8.38. The third-order valence-corrected chi connectivity index (χ3v) is 4.68. The topological polar surface area (TPSA) is 184 Å². The first-order valence-corrected chi connectivity index (χ1v) is 9.94. The molecule has 178 valence electrons. The van der Waals surface area contributed by atoms with Crippen LogP contribution < -0.4 is 15.4 Å². The molecule has 6 N–H and O–H groups in total. The number of amides is 1. The number of carbonyl (C=O) groups excluding carboxylic acids is 2. The van der Waals surface area contributed by atoms with Crippen molar-refractivity contribution in [3.8, 4) is 5.75 Å². The number of esters is 1. The van der Waals surface area contributed by atoms with Crippen LogP contribution in [0.3, 0.4) is 0 Å². The van der Waals surface area contributed by atoms with Crippen molar-refractivity contribution in [2.45, 2.75) is 50.7 Å². The van der Waals surface area contributed by atoms with Crippen LogP contribution in [-0.4, -0.2) is 89.1 Å². The summed E-state index contributed by atoms with van der Waals surface area (Å²) in [7, 11) is 1.78. The Hall–Kier alpha value is -2.77. The van der Waals surface area contributed by atoms with Gasteiger partial charge in [-0.1, -0.05) is 6.07 Å². The molecule has 0 saturated carbocycles. The highest BCUT2D eigenvalue weighted by Crippen LogP contribution is 2.28.